The fraction of sp³-hybridized carbons (Fsp3) is 0.577. The molecule has 210 valence electrons. The number of aromatic nitrogens is 2. The minimum Gasteiger partial charge on any atom is -0.481 e. The highest BCUT2D eigenvalue weighted by Crippen LogP contribution is 2.39. The number of benzene rings is 1. The molecule has 0 radical (unpaired) electrons. The van der Waals surface area contributed by atoms with Gasteiger partial charge in [0.1, 0.15) is 12.3 Å². The molecule has 2 N–H and O–H groups in total. The fourth-order valence-corrected chi connectivity index (χ4v) is 5.24. The third-order valence-corrected chi connectivity index (χ3v) is 7.12. The van der Waals surface area contributed by atoms with E-state index < -0.39 is 36.2 Å². The lowest BCUT2D eigenvalue weighted by Crippen LogP contribution is -2.39. The first kappa shape index (κ1) is 29.9. The Kier molecular flexibility index (Phi) is 9.80. The number of hydrogen-bond donors (Lipinski definition) is 2. The number of carboxylic acids is 1. The van der Waals surface area contributed by atoms with Gasteiger partial charge in [0.05, 0.1) is 18.2 Å². The molecule has 0 spiro atoms. The van der Waals surface area contributed by atoms with Crippen LogP contribution < -0.4 is 5.32 Å². The van der Waals surface area contributed by atoms with Gasteiger partial charge in [-0.2, -0.15) is 5.10 Å². The van der Waals surface area contributed by atoms with Gasteiger partial charge in [0.25, 0.3) is 11.8 Å². The van der Waals surface area contributed by atoms with E-state index in [-0.39, 0.29) is 67.7 Å². The van der Waals surface area contributed by atoms with Crippen molar-refractivity contribution >= 4 is 24.3 Å². The van der Waals surface area contributed by atoms with E-state index in [1.165, 1.54) is 18.2 Å². The van der Waals surface area contributed by atoms with Gasteiger partial charge in [0.2, 0.25) is 0 Å². The van der Waals surface area contributed by atoms with Crippen LogP contribution in [0.4, 0.5) is 17.6 Å². The van der Waals surface area contributed by atoms with E-state index in [0.29, 0.717) is 5.69 Å². The molecule has 38 heavy (non-hydrogen) atoms. The molecule has 1 aliphatic carbocycles. The maximum atomic E-state index is 14.4. The number of hydrogen-bond acceptors (Lipinski definition) is 4. The van der Waals surface area contributed by atoms with Crippen LogP contribution >= 0.6 is 12.4 Å². The number of nitrogens with zero attached hydrogens (tertiary/aromatic N) is 3. The summed E-state index contributed by atoms with van der Waals surface area (Å²) in [6.45, 7) is 0.889. The SMILES string of the molecule is CC(F)(F)c1ccccc1-c1cc(C(=O)N[C@@H](CCN2C[C@H](F)[C@@H](F)C2)CC(=O)O)nn1C1CCCC1.Cl. The summed E-state index contributed by atoms with van der Waals surface area (Å²) in [5.74, 6) is -4.86. The largest absolute Gasteiger partial charge is 0.481 e. The van der Waals surface area contributed by atoms with Crippen LogP contribution in [0.1, 0.15) is 67.5 Å². The van der Waals surface area contributed by atoms with Gasteiger partial charge in [-0.05, 0) is 25.3 Å². The van der Waals surface area contributed by atoms with E-state index in [4.69, 9.17) is 0 Å². The van der Waals surface area contributed by atoms with Gasteiger partial charge in [-0.1, -0.05) is 37.1 Å². The van der Waals surface area contributed by atoms with Gasteiger partial charge >= 0.3 is 5.97 Å². The van der Waals surface area contributed by atoms with Gasteiger partial charge in [-0.3, -0.25) is 19.2 Å². The number of halogens is 5. The first-order chi connectivity index (χ1) is 17.5. The van der Waals surface area contributed by atoms with Crippen molar-refractivity contribution in [2.75, 3.05) is 19.6 Å². The zero-order chi connectivity index (χ0) is 26.7. The van der Waals surface area contributed by atoms with Crippen LogP contribution in [0.15, 0.2) is 30.3 Å². The van der Waals surface area contributed by atoms with Crippen LogP contribution in [0.2, 0.25) is 0 Å². The molecule has 2 aromatic rings. The number of likely N-dealkylation sites (tertiary alicyclic amines) is 1. The summed E-state index contributed by atoms with van der Waals surface area (Å²) < 4.78 is 57.5. The van der Waals surface area contributed by atoms with E-state index in [1.54, 1.807) is 21.7 Å². The Hall–Kier alpha value is -2.66. The molecule has 7 nitrogen and oxygen atoms in total. The molecular formula is C26H33ClF4N4O3. The number of carbonyl (C=O) groups is 2. The van der Waals surface area contributed by atoms with Gasteiger partial charge in [0.15, 0.2) is 5.69 Å². The van der Waals surface area contributed by atoms with E-state index in [2.05, 4.69) is 10.4 Å². The molecule has 4 rings (SSSR count). The van der Waals surface area contributed by atoms with Crippen molar-refractivity contribution in [1.82, 2.24) is 20.0 Å². The Bertz CT molecular complexity index is 1110. The second kappa shape index (κ2) is 12.5. The molecule has 1 saturated heterocycles. The van der Waals surface area contributed by atoms with Crippen LogP contribution in [0.3, 0.4) is 0 Å². The van der Waals surface area contributed by atoms with Crippen molar-refractivity contribution < 1.29 is 32.3 Å². The van der Waals surface area contributed by atoms with Crippen LogP contribution in [0, 0.1) is 0 Å². The summed E-state index contributed by atoms with van der Waals surface area (Å²) in [7, 11) is 0. The first-order valence-corrected chi connectivity index (χ1v) is 12.6. The molecule has 1 aliphatic heterocycles. The molecule has 2 heterocycles. The predicted octanol–water partition coefficient (Wildman–Crippen LogP) is 5.15. The lowest BCUT2D eigenvalue weighted by molar-refractivity contribution is -0.137. The van der Waals surface area contributed by atoms with Crippen LogP contribution in [0.25, 0.3) is 11.3 Å². The minimum atomic E-state index is -3.11. The highest BCUT2D eigenvalue weighted by atomic mass is 35.5. The van der Waals surface area contributed by atoms with Gasteiger partial charge in [-0.15, -0.1) is 12.4 Å². The number of alkyl halides is 4. The number of amides is 1. The Balaban J connectivity index is 0.00000400. The van der Waals surface area contributed by atoms with Crippen molar-refractivity contribution in [3.63, 3.8) is 0 Å². The molecule has 2 aliphatic rings. The molecule has 3 atom stereocenters. The molecule has 1 saturated carbocycles. The number of carbonyl (C=O) groups excluding carboxylic acids is 1. The third-order valence-electron chi connectivity index (χ3n) is 7.12. The quantitative estimate of drug-likeness (QED) is 0.392. The van der Waals surface area contributed by atoms with Crippen molar-refractivity contribution in [3.05, 3.63) is 41.6 Å². The second-order valence-corrected chi connectivity index (χ2v) is 10.1. The molecule has 0 bridgehead atoms. The van der Waals surface area contributed by atoms with E-state index in [0.717, 1.165) is 32.6 Å². The monoisotopic (exact) mass is 560 g/mol. The smallest absolute Gasteiger partial charge is 0.305 e. The highest BCUT2D eigenvalue weighted by Gasteiger charge is 2.34. The Morgan fingerprint density at radius 3 is 2.39 bits per heavy atom. The topological polar surface area (TPSA) is 87.5 Å². The Morgan fingerprint density at radius 1 is 1.16 bits per heavy atom. The van der Waals surface area contributed by atoms with Crippen molar-refractivity contribution in [2.24, 2.45) is 0 Å². The average molecular weight is 561 g/mol. The van der Waals surface area contributed by atoms with Crippen LogP contribution in [-0.2, 0) is 10.7 Å². The number of nitrogens with one attached hydrogen (secondary N) is 1. The van der Waals surface area contributed by atoms with Crippen LogP contribution in [-0.4, -0.2) is 69.7 Å². The lowest BCUT2D eigenvalue weighted by atomic mass is 9.99. The maximum absolute atomic E-state index is 14.4. The number of aliphatic carboxylic acids is 1. The van der Waals surface area contributed by atoms with E-state index in [9.17, 15) is 32.3 Å². The maximum Gasteiger partial charge on any atom is 0.305 e. The van der Waals surface area contributed by atoms with Crippen molar-refractivity contribution in [1.29, 1.82) is 0 Å². The van der Waals surface area contributed by atoms with E-state index >= 15 is 0 Å². The fourth-order valence-electron chi connectivity index (χ4n) is 5.24. The summed E-state index contributed by atoms with van der Waals surface area (Å²) in [4.78, 5) is 26.1. The van der Waals surface area contributed by atoms with Crippen LogP contribution in [0.5, 0.6) is 0 Å². The minimum absolute atomic E-state index is 0. The highest BCUT2D eigenvalue weighted by molar-refractivity contribution is 5.94. The molecule has 1 aromatic heterocycles. The average Bonchev–Trinajstić information content (AvgIpc) is 3.57. The van der Waals surface area contributed by atoms with E-state index in [1.807, 2.05) is 0 Å². The molecule has 2 fully saturated rings. The molecule has 0 unspecified atom stereocenters. The van der Waals surface area contributed by atoms with Gasteiger partial charge < -0.3 is 10.4 Å². The molecule has 12 heteroatoms. The normalized spacial score (nSPS) is 21.3. The summed E-state index contributed by atoms with van der Waals surface area (Å²) >= 11 is 0. The summed E-state index contributed by atoms with van der Waals surface area (Å²) in [6.07, 6.45) is 0.193. The summed E-state index contributed by atoms with van der Waals surface area (Å²) in [5.41, 5.74) is 0.517. The van der Waals surface area contributed by atoms with Crippen molar-refractivity contribution in [3.8, 4) is 11.3 Å². The van der Waals surface area contributed by atoms with Gasteiger partial charge in [-0.25, -0.2) is 17.6 Å². The summed E-state index contributed by atoms with van der Waals surface area (Å²) in [5, 5.41) is 16.5. The standard InChI is InChI=1S/C26H32F4N4O3.ClH/c1-26(29,30)19-9-5-4-8-18(19)23-13-22(32-34(23)17-6-2-3-7-17)25(37)31-16(12-24(35)36)10-11-33-14-20(27)21(28)15-33;/h4-5,8-9,13,16-17,20-21H,2-3,6-7,10-12,14-15H2,1H3,(H,31,37)(H,35,36);1H/t16-,20-,21-;/m0./s1. The summed E-state index contributed by atoms with van der Waals surface area (Å²) in [6, 6.07) is 6.76. The van der Waals surface area contributed by atoms with Crippen molar-refractivity contribution in [2.45, 2.75) is 75.8 Å². The second-order valence-electron chi connectivity index (χ2n) is 10.1. The molecule has 1 aromatic carbocycles. The third kappa shape index (κ3) is 7.05. The Labute approximate surface area is 225 Å². The Morgan fingerprint density at radius 2 is 1.79 bits per heavy atom. The predicted molar refractivity (Wildman–Crippen MR) is 136 cm³/mol. The lowest BCUT2D eigenvalue weighted by Gasteiger charge is -2.20. The van der Waals surface area contributed by atoms with Gasteiger partial charge in [0, 0.05) is 43.7 Å². The number of carboxylic acid groups (broad SMARTS) is 1. The zero-order valence-corrected chi connectivity index (χ0v) is 21.9. The number of rotatable bonds is 10. The first-order valence-electron chi connectivity index (χ1n) is 12.6. The zero-order valence-electron chi connectivity index (χ0n) is 21.1. The molecular weight excluding hydrogens is 528 g/mol. The molecule has 1 amide bonds.